The third-order valence-corrected chi connectivity index (χ3v) is 4.94. The molecular weight excluding hydrogens is 478 g/mol. The molecule has 0 aliphatic rings. The molecule has 0 bridgehead atoms. The number of hydrogen-bond acceptors (Lipinski definition) is 6. The fraction of sp³-hybridized carbons (Fsp3) is 0.100. The van der Waals surface area contributed by atoms with E-state index in [-0.39, 0.29) is 32.7 Å². The number of aromatic nitrogens is 2. The summed E-state index contributed by atoms with van der Waals surface area (Å²) in [6, 6.07) is 6.59. The number of aliphatic hydroxyl groups is 1. The van der Waals surface area contributed by atoms with E-state index in [2.05, 4.69) is 31.2 Å². The fourth-order valence-corrected chi connectivity index (χ4v) is 3.23. The van der Waals surface area contributed by atoms with Crippen molar-refractivity contribution >= 4 is 33.6 Å². The lowest BCUT2D eigenvalue weighted by atomic mass is 10.0. The van der Waals surface area contributed by atoms with Crippen molar-refractivity contribution in [2.45, 2.75) is 6.04 Å². The summed E-state index contributed by atoms with van der Waals surface area (Å²) in [6.45, 7) is -0.597. The SMILES string of the molecule is Nc1cnc(C(=O)O)c(-c2ccc(C(=O)N[C@H](CO)c3cccc(Br)c3F)cc2F)n1. The first-order valence-electron chi connectivity index (χ1n) is 8.74. The average molecular weight is 493 g/mol. The van der Waals surface area contributed by atoms with E-state index in [0.717, 1.165) is 18.3 Å². The van der Waals surface area contributed by atoms with Gasteiger partial charge in [0.2, 0.25) is 0 Å². The zero-order valence-corrected chi connectivity index (χ0v) is 17.2. The van der Waals surface area contributed by atoms with E-state index in [1.807, 2.05) is 0 Å². The number of carbonyl (C=O) groups is 2. The number of halogens is 3. The molecule has 5 N–H and O–H groups in total. The van der Waals surface area contributed by atoms with Crippen molar-refractivity contribution in [1.82, 2.24) is 15.3 Å². The highest BCUT2D eigenvalue weighted by Gasteiger charge is 2.22. The Hall–Kier alpha value is -3.44. The number of rotatable bonds is 6. The molecule has 1 atom stereocenters. The predicted molar refractivity (Wildman–Crippen MR) is 110 cm³/mol. The van der Waals surface area contributed by atoms with Crippen molar-refractivity contribution in [1.29, 1.82) is 0 Å². The van der Waals surface area contributed by atoms with Crippen molar-refractivity contribution < 1.29 is 28.6 Å². The second-order valence-electron chi connectivity index (χ2n) is 6.34. The Bertz CT molecular complexity index is 1180. The number of nitrogens with two attached hydrogens (primary N) is 1. The number of carbonyl (C=O) groups excluding carboxylic acids is 1. The van der Waals surface area contributed by atoms with E-state index in [0.29, 0.717) is 0 Å². The second-order valence-corrected chi connectivity index (χ2v) is 7.20. The molecule has 11 heteroatoms. The largest absolute Gasteiger partial charge is 0.476 e. The molecule has 0 fully saturated rings. The average Bonchev–Trinajstić information content (AvgIpc) is 2.73. The van der Waals surface area contributed by atoms with E-state index in [4.69, 9.17) is 5.73 Å². The molecule has 8 nitrogen and oxygen atoms in total. The minimum Gasteiger partial charge on any atom is -0.476 e. The van der Waals surface area contributed by atoms with Gasteiger partial charge in [0.15, 0.2) is 5.69 Å². The van der Waals surface area contributed by atoms with Gasteiger partial charge in [0, 0.05) is 16.7 Å². The van der Waals surface area contributed by atoms with Gasteiger partial charge < -0.3 is 21.3 Å². The number of nitrogen functional groups attached to an aromatic ring is 1. The molecule has 160 valence electrons. The van der Waals surface area contributed by atoms with Crippen molar-refractivity contribution in [3.63, 3.8) is 0 Å². The summed E-state index contributed by atoms with van der Waals surface area (Å²) in [7, 11) is 0. The van der Waals surface area contributed by atoms with Gasteiger partial charge in [-0.05, 0) is 40.2 Å². The van der Waals surface area contributed by atoms with E-state index in [9.17, 15) is 28.6 Å². The van der Waals surface area contributed by atoms with E-state index in [1.54, 1.807) is 6.07 Å². The third kappa shape index (κ3) is 4.67. The van der Waals surface area contributed by atoms with Gasteiger partial charge in [-0.25, -0.2) is 23.5 Å². The van der Waals surface area contributed by atoms with Crippen LogP contribution in [-0.4, -0.2) is 38.7 Å². The number of nitrogens with one attached hydrogen (secondary N) is 1. The predicted octanol–water partition coefficient (Wildman–Crippen LogP) is 2.93. The maximum atomic E-state index is 14.7. The van der Waals surface area contributed by atoms with Crippen LogP contribution in [0.1, 0.15) is 32.5 Å². The molecule has 3 rings (SSSR count). The van der Waals surface area contributed by atoms with E-state index in [1.165, 1.54) is 18.2 Å². The lowest BCUT2D eigenvalue weighted by molar-refractivity contribution is 0.0690. The lowest BCUT2D eigenvalue weighted by Crippen LogP contribution is -2.31. The molecule has 1 aromatic heterocycles. The highest BCUT2D eigenvalue weighted by molar-refractivity contribution is 9.10. The van der Waals surface area contributed by atoms with E-state index < -0.39 is 41.9 Å². The second kappa shape index (κ2) is 9.14. The normalized spacial score (nSPS) is 11.7. The number of carboxylic acids is 1. The standard InChI is InChI=1S/C20H15BrF2N4O4/c21-12-3-1-2-11(16(12)23)14(8-28)26-19(29)9-4-5-10(13(22)6-9)17-18(20(30)31)25-7-15(24)27-17/h1-7,14,28H,8H2,(H2,24,27)(H,26,29)(H,30,31)/t14-/m1/s1. The summed E-state index contributed by atoms with van der Waals surface area (Å²) in [5, 5.41) is 21.3. The highest BCUT2D eigenvalue weighted by Crippen LogP contribution is 2.27. The van der Waals surface area contributed by atoms with Crippen LogP contribution in [0.2, 0.25) is 0 Å². The minimum absolute atomic E-state index is 0.0449. The van der Waals surface area contributed by atoms with Crippen LogP contribution in [0.5, 0.6) is 0 Å². The molecule has 2 aromatic carbocycles. The molecule has 3 aromatic rings. The molecule has 0 saturated heterocycles. The van der Waals surface area contributed by atoms with Crippen LogP contribution in [0, 0.1) is 11.6 Å². The minimum atomic E-state index is -1.43. The van der Waals surface area contributed by atoms with Crippen LogP contribution in [0.3, 0.4) is 0 Å². The molecule has 0 aliphatic heterocycles. The van der Waals surface area contributed by atoms with Gasteiger partial charge in [0.05, 0.1) is 23.3 Å². The summed E-state index contributed by atoms with van der Waals surface area (Å²) >= 11 is 3.03. The molecule has 0 spiro atoms. The molecule has 0 unspecified atom stereocenters. The first kappa shape index (κ1) is 22.2. The summed E-state index contributed by atoms with van der Waals surface area (Å²) in [4.78, 5) is 31.4. The van der Waals surface area contributed by atoms with Crippen LogP contribution >= 0.6 is 15.9 Å². The zero-order chi connectivity index (χ0) is 22.7. The number of hydrogen-bond donors (Lipinski definition) is 4. The van der Waals surface area contributed by atoms with Gasteiger partial charge >= 0.3 is 5.97 Å². The van der Waals surface area contributed by atoms with Crippen LogP contribution < -0.4 is 11.1 Å². The number of amides is 1. The Balaban J connectivity index is 1.91. The molecule has 1 heterocycles. The summed E-state index contributed by atoms with van der Waals surface area (Å²) < 4.78 is 29.2. The van der Waals surface area contributed by atoms with Crippen molar-refractivity contribution in [2.24, 2.45) is 0 Å². The third-order valence-electron chi connectivity index (χ3n) is 4.32. The molecule has 31 heavy (non-hydrogen) atoms. The van der Waals surface area contributed by atoms with Gasteiger partial charge in [-0.1, -0.05) is 12.1 Å². The number of benzene rings is 2. The number of carboxylic acid groups (broad SMARTS) is 1. The zero-order valence-electron chi connectivity index (χ0n) is 15.6. The van der Waals surface area contributed by atoms with Crippen LogP contribution in [0.25, 0.3) is 11.3 Å². The van der Waals surface area contributed by atoms with Crippen LogP contribution in [0.4, 0.5) is 14.6 Å². The van der Waals surface area contributed by atoms with Gasteiger partial charge in [0.25, 0.3) is 5.91 Å². The summed E-state index contributed by atoms with van der Waals surface area (Å²) in [5.74, 6) is -3.90. The topological polar surface area (TPSA) is 138 Å². The fourth-order valence-electron chi connectivity index (χ4n) is 2.85. The Labute approximate surface area is 182 Å². The summed E-state index contributed by atoms with van der Waals surface area (Å²) in [5.41, 5.74) is 4.43. The smallest absolute Gasteiger partial charge is 0.356 e. The summed E-state index contributed by atoms with van der Waals surface area (Å²) in [6.07, 6.45) is 1.03. The monoisotopic (exact) mass is 492 g/mol. The Kier molecular flexibility index (Phi) is 6.56. The van der Waals surface area contributed by atoms with Crippen molar-refractivity contribution in [2.75, 3.05) is 12.3 Å². The van der Waals surface area contributed by atoms with Crippen molar-refractivity contribution in [3.05, 3.63) is 75.5 Å². The first-order valence-corrected chi connectivity index (χ1v) is 9.53. The maximum absolute atomic E-state index is 14.7. The lowest BCUT2D eigenvalue weighted by Gasteiger charge is -2.18. The van der Waals surface area contributed by atoms with Crippen LogP contribution in [0.15, 0.2) is 47.1 Å². The van der Waals surface area contributed by atoms with Gasteiger partial charge in [0.1, 0.15) is 23.1 Å². The van der Waals surface area contributed by atoms with Crippen molar-refractivity contribution in [3.8, 4) is 11.3 Å². The molecule has 0 saturated carbocycles. The maximum Gasteiger partial charge on any atom is 0.356 e. The first-order chi connectivity index (χ1) is 14.7. The number of aromatic carboxylic acids is 1. The number of anilines is 1. The van der Waals surface area contributed by atoms with Gasteiger partial charge in [-0.15, -0.1) is 0 Å². The quantitative estimate of drug-likeness (QED) is 0.414. The Morgan fingerprint density at radius 3 is 2.61 bits per heavy atom. The highest BCUT2D eigenvalue weighted by atomic mass is 79.9. The van der Waals surface area contributed by atoms with Crippen LogP contribution in [-0.2, 0) is 0 Å². The molecule has 1 amide bonds. The molecule has 0 radical (unpaired) electrons. The Morgan fingerprint density at radius 2 is 1.97 bits per heavy atom. The number of aliphatic hydroxyl groups excluding tert-OH is 1. The molecular formula is C20H15BrF2N4O4. The van der Waals surface area contributed by atoms with Gasteiger partial charge in [-0.2, -0.15) is 0 Å². The number of nitrogens with zero attached hydrogens (tertiary/aromatic N) is 2. The Morgan fingerprint density at radius 1 is 1.23 bits per heavy atom. The molecule has 0 aliphatic carbocycles. The van der Waals surface area contributed by atoms with Gasteiger partial charge in [-0.3, -0.25) is 4.79 Å². The van der Waals surface area contributed by atoms with E-state index >= 15 is 0 Å².